The number of nitrogens with zero attached hydrogens (tertiary/aromatic N) is 2. The van der Waals surface area contributed by atoms with E-state index >= 15 is 0 Å². The number of allylic oxidation sites excluding steroid dienone is 2. The molecule has 1 amide bonds. The van der Waals surface area contributed by atoms with Crippen LogP contribution in [0.4, 0.5) is 4.39 Å². The quantitative estimate of drug-likeness (QED) is 0.667. The van der Waals surface area contributed by atoms with Crippen molar-refractivity contribution >= 4 is 28.9 Å². The first kappa shape index (κ1) is 21.5. The van der Waals surface area contributed by atoms with Gasteiger partial charge in [-0.1, -0.05) is 18.5 Å². The lowest BCUT2D eigenvalue weighted by Crippen LogP contribution is -2.31. The predicted molar refractivity (Wildman–Crippen MR) is 118 cm³/mol. The Bertz CT molecular complexity index is 1050. The maximum Gasteiger partial charge on any atom is 0.258 e. The van der Waals surface area contributed by atoms with Gasteiger partial charge in [0.2, 0.25) is 0 Å². The number of carbonyl (C=O) groups is 1. The van der Waals surface area contributed by atoms with Crippen molar-refractivity contribution in [3.63, 3.8) is 0 Å². The zero-order valence-corrected chi connectivity index (χ0v) is 18.4. The van der Waals surface area contributed by atoms with Crippen LogP contribution in [0.25, 0.3) is 0 Å². The Morgan fingerprint density at radius 3 is 2.77 bits per heavy atom. The summed E-state index contributed by atoms with van der Waals surface area (Å²) in [6.45, 7) is 7.51. The first-order valence-corrected chi connectivity index (χ1v) is 10.6. The molecule has 164 valence electrons. The van der Waals surface area contributed by atoms with Gasteiger partial charge >= 0.3 is 0 Å². The molecule has 0 radical (unpaired) electrons. The fraction of sp³-hybridized carbons (Fsp3) is 0.409. The van der Waals surface area contributed by atoms with E-state index in [4.69, 9.17) is 21.7 Å². The van der Waals surface area contributed by atoms with E-state index in [0.717, 1.165) is 12.2 Å². The van der Waals surface area contributed by atoms with E-state index in [9.17, 15) is 9.18 Å². The number of benzene rings is 1. The summed E-state index contributed by atoms with van der Waals surface area (Å²) in [5, 5.41) is 15.3. The van der Waals surface area contributed by atoms with Gasteiger partial charge in [0.25, 0.3) is 5.91 Å². The van der Waals surface area contributed by atoms with Crippen LogP contribution in [-0.4, -0.2) is 54.5 Å². The number of halogens is 2. The van der Waals surface area contributed by atoms with Crippen LogP contribution in [0, 0.1) is 17.1 Å². The number of rotatable bonds is 3. The van der Waals surface area contributed by atoms with Crippen molar-refractivity contribution in [3.05, 3.63) is 51.7 Å². The highest BCUT2D eigenvalue weighted by Gasteiger charge is 2.33. The third kappa shape index (κ3) is 4.22. The molecule has 0 aromatic heterocycles. The van der Waals surface area contributed by atoms with Crippen LogP contribution in [0.1, 0.15) is 31.1 Å². The van der Waals surface area contributed by atoms with Gasteiger partial charge in [-0.25, -0.2) is 9.38 Å². The van der Waals surface area contributed by atoms with Gasteiger partial charge in [-0.2, -0.15) is 0 Å². The molecule has 31 heavy (non-hydrogen) atoms. The van der Waals surface area contributed by atoms with Gasteiger partial charge in [-0.05, 0) is 26.0 Å². The summed E-state index contributed by atoms with van der Waals surface area (Å²) < 4.78 is 20.0. The molecule has 0 saturated carbocycles. The highest BCUT2D eigenvalue weighted by atomic mass is 35.5. The van der Waals surface area contributed by atoms with Crippen LogP contribution < -0.4 is 15.4 Å². The van der Waals surface area contributed by atoms with Gasteiger partial charge < -0.3 is 25.7 Å². The van der Waals surface area contributed by atoms with E-state index in [1.165, 1.54) is 18.2 Å². The van der Waals surface area contributed by atoms with Gasteiger partial charge in [0, 0.05) is 36.3 Å². The minimum absolute atomic E-state index is 0.133. The normalized spacial score (nSPS) is 26.3. The number of hydrogen-bond donors (Lipinski definition) is 3. The molecule has 3 aliphatic rings. The topological polar surface area (TPSA) is 89.8 Å². The second-order valence-corrected chi connectivity index (χ2v) is 8.54. The highest BCUT2D eigenvalue weighted by molar-refractivity contribution is 6.43. The number of amides is 1. The van der Waals surface area contributed by atoms with Crippen LogP contribution in [0.2, 0.25) is 0 Å². The molecule has 1 aromatic rings. The molecule has 9 heteroatoms. The van der Waals surface area contributed by atoms with E-state index in [0.29, 0.717) is 34.4 Å². The summed E-state index contributed by atoms with van der Waals surface area (Å²) in [6, 6.07) is 3.96. The minimum atomic E-state index is -0.461. The molecule has 2 atom stereocenters. The molecule has 0 spiro atoms. The third-order valence-corrected chi connectivity index (χ3v) is 6.32. The number of ether oxygens (including phenoxy) is 1. The third-order valence-electron chi connectivity index (χ3n) is 5.77. The van der Waals surface area contributed by atoms with Crippen molar-refractivity contribution in [2.24, 2.45) is 10.9 Å². The van der Waals surface area contributed by atoms with Crippen molar-refractivity contribution < 1.29 is 13.9 Å². The Balaban J connectivity index is 1.59. The number of carbonyl (C=O) groups excluding carboxylic acids is 1. The lowest BCUT2D eigenvalue weighted by atomic mass is 10.1. The number of likely N-dealkylation sites (tertiary alicyclic amines) is 1. The lowest BCUT2D eigenvalue weighted by molar-refractivity contribution is 0.0794. The first-order valence-electron chi connectivity index (χ1n) is 10.2. The smallest absolute Gasteiger partial charge is 0.258 e. The molecule has 0 aliphatic carbocycles. The number of aliphatic imine (C=N–C) groups is 1. The second-order valence-electron chi connectivity index (χ2n) is 8.16. The van der Waals surface area contributed by atoms with Gasteiger partial charge in [0.15, 0.2) is 0 Å². The molecule has 3 aliphatic heterocycles. The maximum atomic E-state index is 13.9. The zero-order valence-electron chi connectivity index (χ0n) is 17.7. The standard InChI is InChI=1S/C22H25ClFN5O2/c1-11-7-26-8-19(11)31-18-6-14(24)4-5-15(18)22(30)29-9-16(17(25)10-29)21-27-12(2)20(23)13(3)28-21/h4-6,11,19,25-27H,7-10H2,1-3H3/b21-16+,25-17?/t11-,19?/m0/s1. The lowest BCUT2D eigenvalue weighted by Gasteiger charge is -2.22. The Morgan fingerprint density at radius 2 is 2.10 bits per heavy atom. The predicted octanol–water partition coefficient (Wildman–Crippen LogP) is 3.03. The molecule has 3 heterocycles. The fourth-order valence-corrected chi connectivity index (χ4v) is 4.02. The van der Waals surface area contributed by atoms with E-state index in [2.05, 4.69) is 15.6 Å². The summed E-state index contributed by atoms with van der Waals surface area (Å²) in [7, 11) is 0. The van der Waals surface area contributed by atoms with Crippen LogP contribution in [0.15, 0.2) is 45.3 Å². The van der Waals surface area contributed by atoms with Gasteiger partial charge in [-0.3, -0.25) is 4.79 Å². The summed E-state index contributed by atoms with van der Waals surface area (Å²) in [5.41, 5.74) is 2.63. The van der Waals surface area contributed by atoms with E-state index in [-0.39, 0.29) is 42.3 Å². The van der Waals surface area contributed by atoms with Crippen LogP contribution in [0.3, 0.4) is 0 Å². The van der Waals surface area contributed by atoms with E-state index in [1.54, 1.807) is 11.8 Å². The SMILES string of the molecule is CC1=N/C(=C2\CN(C(=O)c3ccc(F)cc3OC3CNC[C@@H]3C)CC2=N)NC(C)=C1Cl. The summed E-state index contributed by atoms with van der Waals surface area (Å²) in [6.07, 6.45) is -0.133. The Hall–Kier alpha value is -2.71. The zero-order chi connectivity index (χ0) is 22.3. The Kier molecular flexibility index (Phi) is 5.85. The van der Waals surface area contributed by atoms with Crippen LogP contribution in [-0.2, 0) is 0 Å². The number of nitrogens with one attached hydrogen (secondary N) is 3. The average molecular weight is 446 g/mol. The van der Waals surface area contributed by atoms with Crippen molar-refractivity contribution in [2.45, 2.75) is 26.9 Å². The van der Waals surface area contributed by atoms with Crippen molar-refractivity contribution in [1.29, 1.82) is 5.41 Å². The van der Waals surface area contributed by atoms with Crippen molar-refractivity contribution in [1.82, 2.24) is 15.5 Å². The Morgan fingerprint density at radius 1 is 1.32 bits per heavy atom. The highest BCUT2D eigenvalue weighted by Crippen LogP contribution is 2.28. The van der Waals surface area contributed by atoms with Gasteiger partial charge in [0.05, 0.1) is 35.1 Å². The maximum absolute atomic E-state index is 13.9. The molecule has 2 saturated heterocycles. The second kappa shape index (κ2) is 8.43. The molecule has 4 rings (SSSR count). The number of hydrogen-bond acceptors (Lipinski definition) is 6. The van der Waals surface area contributed by atoms with Crippen LogP contribution in [0.5, 0.6) is 5.75 Å². The van der Waals surface area contributed by atoms with E-state index in [1.807, 2.05) is 13.8 Å². The first-order chi connectivity index (χ1) is 14.7. The largest absolute Gasteiger partial charge is 0.488 e. The fourth-order valence-electron chi connectivity index (χ4n) is 3.93. The van der Waals surface area contributed by atoms with Crippen molar-refractivity contribution in [3.8, 4) is 5.75 Å². The average Bonchev–Trinajstić information content (AvgIpc) is 3.31. The molecular formula is C22H25ClFN5O2. The van der Waals surface area contributed by atoms with Crippen LogP contribution >= 0.6 is 11.6 Å². The molecular weight excluding hydrogens is 421 g/mol. The van der Waals surface area contributed by atoms with Gasteiger partial charge in [-0.15, -0.1) is 0 Å². The molecule has 1 aromatic carbocycles. The Labute approximate surface area is 185 Å². The molecule has 1 unspecified atom stereocenters. The monoisotopic (exact) mass is 445 g/mol. The van der Waals surface area contributed by atoms with E-state index < -0.39 is 5.82 Å². The molecule has 7 nitrogen and oxygen atoms in total. The molecule has 0 bridgehead atoms. The summed E-state index contributed by atoms with van der Waals surface area (Å²) in [4.78, 5) is 19.3. The van der Waals surface area contributed by atoms with Crippen molar-refractivity contribution in [2.75, 3.05) is 26.2 Å². The minimum Gasteiger partial charge on any atom is -0.488 e. The summed E-state index contributed by atoms with van der Waals surface area (Å²) >= 11 is 6.19. The molecule has 3 N–H and O–H groups in total. The summed E-state index contributed by atoms with van der Waals surface area (Å²) in [5.74, 6) is 0.243. The molecule has 2 fully saturated rings. The van der Waals surface area contributed by atoms with Gasteiger partial charge in [0.1, 0.15) is 23.5 Å².